The van der Waals surface area contributed by atoms with Crippen LogP contribution in [0.1, 0.15) is 44.9 Å². The molecule has 0 unspecified atom stereocenters. The van der Waals surface area contributed by atoms with Crippen LogP contribution in [0.25, 0.3) is 0 Å². The maximum Gasteiger partial charge on any atom is 0.317 e. The van der Waals surface area contributed by atoms with E-state index in [0.717, 1.165) is 32.1 Å². The van der Waals surface area contributed by atoms with Gasteiger partial charge in [-0.15, -0.1) is 0 Å². The Labute approximate surface area is 151 Å². The van der Waals surface area contributed by atoms with Gasteiger partial charge in [0.05, 0.1) is 0 Å². The molecule has 4 rings (SSSR count). The van der Waals surface area contributed by atoms with E-state index in [0.29, 0.717) is 12.0 Å². The molecule has 2 saturated heterocycles. The molecule has 3 fully saturated rings. The molecule has 25 heavy (non-hydrogen) atoms. The lowest BCUT2D eigenvalue weighted by molar-refractivity contribution is 0.171. The molecule has 1 N–H and O–H groups in total. The molecule has 4 nitrogen and oxygen atoms in total. The van der Waals surface area contributed by atoms with Gasteiger partial charge in [-0.3, -0.25) is 0 Å². The zero-order chi connectivity index (χ0) is 17.1. The SMILES string of the molecule is O=C(NC[C@H]1CCN(c2ccccc2)C1)N1CCC[C@@H]1C1CCCC1. The molecule has 0 spiro atoms. The van der Waals surface area contributed by atoms with Crippen molar-refractivity contribution in [1.82, 2.24) is 10.2 Å². The Morgan fingerprint density at radius 3 is 2.60 bits per heavy atom. The number of benzene rings is 1. The van der Waals surface area contributed by atoms with Crippen LogP contribution in [0.15, 0.2) is 30.3 Å². The Hall–Kier alpha value is -1.71. The van der Waals surface area contributed by atoms with Crippen LogP contribution in [0.3, 0.4) is 0 Å². The smallest absolute Gasteiger partial charge is 0.317 e. The van der Waals surface area contributed by atoms with E-state index in [4.69, 9.17) is 0 Å². The van der Waals surface area contributed by atoms with Crippen molar-refractivity contribution in [1.29, 1.82) is 0 Å². The molecular formula is C21H31N3O. The Morgan fingerprint density at radius 2 is 1.80 bits per heavy atom. The average molecular weight is 341 g/mol. The fourth-order valence-corrected chi connectivity index (χ4v) is 5.08. The average Bonchev–Trinajstić information content (AvgIpc) is 3.41. The van der Waals surface area contributed by atoms with E-state index in [1.165, 1.54) is 50.6 Å². The van der Waals surface area contributed by atoms with Gasteiger partial charge in [-0.1, -0.05) is 31.0 Å². The highest BCUT2D eigenvalue weighted by Gasteiger charge is 2.36. The minimum Gasteiger partial charge on any atom is -0.371 e. The zero-order valence-corrected chi connectivity index (χ0v) is 15.2. The lowest BCUT2D eigenvalue weighted by Crippen LogP contribution is -2.46. The van der Waals surface area contributed by atoms with Crippen molar-refractivity contribution in [2.24, 2.45) is 11.8 Å². The topological polar surface area (TPSA) is 35.6 Å². The highest BCUT2D eigenvalue weighted by Crippen LogP contribution is 2.35. The first-order valence-corrected chi connectivity index (χ1v) is 10.2. The number of urea groups is 1. The molecule has 3 aliphatic rings. The molecule has 2 amide bonds. The number of carbonyl (C=O) groups is 1. The molecule has 0 bridgehead atoms. The van der Waals surface area contributed by atoms with Crippen molar-refractivity contribution in [2.45, 2.75) is 51.0 Å². The van der Waals surface area contributed by atoms with Gasteiger partial charge in [0.1, 0.15) is 0 Å². The van der Waals surface area contributed by atoms with Gasteiger partial charge >= 0.3 is 6.03 Å². The highest BCUT2D eigenvalue weighted by molar-refractivity contribution is 5.75. The highest BCUT2D eigenvalue weighted by atomic mass is 16.2. The lowest BCUT2D eigenvalue weighted by atomic mass is 9.96. The second kappa shape index (κ2) is 7.67. The number of carbonyl (C=O) groups excluding carboxylic acids is 1. The van der Waals surface area contributed by atoms with Crippen molar-refractivity contribution in [3.05, 3.63) is 30.3 Å². The predicted octanol–water partition coefficient (Wildman–Crippen LogP) is 3.88. The largest absolute Gasteiger partial charge is 0.371 e. The summed E-state index contributed by atoms with van der Waals surface area (Å²) in [5.74, 6) is 1.32. The van der Waals surface area contributed by atoms with Crippen LogP contribution >= 0.6 is 0 Å². The van der Waals surface area contributed by atoms with Crippen LogP contribution < -0.4 is 10.2 Å². The molecule has 0 aromatic heterocycles. The first-order valence-electron chi connectivity index (χ1n) is 10.2. The summed E-state index contributed by atoms with van der Waals surface area (Å²) in [6, 6.07) is 11.3. The summed E-state index contributed by atoms with van der Waals surface area (Å²) in [5, 5.41) is 3.25. The number of rotatable bonds is 4. The summed E-state index contributed by atoms with van der Waals surface area (Å²) in [5.41, 5.74) is 1.30. The van der Waals surface area contributed by atoms with Crippen molar-refractivity contribution < 1.29 is 4.79 Å². The van der Waals surface area contributed by atoms with Crippen LogP contribution in [0.2, 0.25) is 0 Å². The maximum atomic E-state index is 12.7. The normalized spacial score (nSPS) is 27.2. The third-order valence-electron chi connectivity index (χ3n) is 6.45. The number of nitrogens with one attached hydrogen (secondary N) is 1. The second-order valence-corrected chi connectivity index (χ2v) is 8.07. The minimum atomic E-state index is 0.188. The molecule has 1 aromatic rings. The van der Waals surface area contributed by atoms with E-state index in [1.54, 1.807) is 0 Å². The zero-order valence-electron chi connectivity index (χ0n) is 15.2. The Morgan fingerprint density at radius 1 is 1.00 bits per heavy atom. The summed E-state index contributed by atoms with van der Waals surface area (Å²) >= 11 is 0. The molecular weight excluding hydrogens is 310 g/mol. The lowest BCUT2D eigenvalue weighted by Gasteiger charge is -2.30. The summed E-state index contributed by atoms with van der Waals surface area (Å²) in [6.07, 6.45) is 8.92. The number of nitrogens with zero attached hydrogens (tertiary/aromatic N) is 2. The monoisotopic (exact) mass is 341 g/mol. The van der Waals surface area contributed by atoms with Crippen LogP contribution in [-0.2, 0) is 0 Å². The molecule has 2 aliphatic heterocycles. The van der Waals surface area contributed by atoms with Gasteiger partial charge in [-0.05, 0) is 56.1 Å². The van der Waals surface area contributed by atoms with Crippen molar-refractivity contribution in [3.8, 4) is 0 Å². The molecule has 1 aromatic carbocycles. The van der Waals surface area contributed by atoms with Crippen molar-refractivity contribution in [2.75, 3.05) is 31.1 Å². The second-order valence-electron chi connectivity index (χ2n) is 8.07. The van der Waals surface area contributed by atoms with E-state index >= 15 is 0 Å². The van der Waals surface area contributed by atoms with Crippen LogP contribution in [0.4, 0.5) is 10.5 Å². The van der Waals surface area contributed by atoms with Crippen molar-refractivity contribution in [3.63, 3.8) is 0 Å². The number of amides is 2. The van der Waals surface area contributed by atoms with Gasteiger partial charge in [0.2, 0.25) is 0 Å². The number of likely N-dealkylation sites (tertiary alicyclic amines) is 1. The number of para-hydroxylation sites is 1. The van der Waals surface area contributed by atoms with Crippen molar-refractivity contribution >= 4 is 11.7 Å². The van der Waals surface area contributed by atoms with Crippen LogP contribution in [0.5, 0.6) is 0 Å². The molecule has 0 radical (unpaired) electrons. The van der Waals surface area contributed by atoms with Gasteiger partial charge in [0.25, 0.3) is 0 Å². The van der Waals surface area contributed by atoms with Gasteiger partial charge in [-0.2, -0.15) is 0 Å². The van der Waals surface area contributed by atoms with E-state index in [1.807, 2.05) is 0 Å². The van der Waals surface area contributed by atoms with E-state index in [-0.39, 0.29) is 6.03 Å². The van der Waals surface area contributed by atoms with Crippen LogP contribution in [0, 0.1) is 11.8 Å². The summed E-state index contributed by atoms with van der Waals surface area (Å²) in [7, 11) is 0. The van der Waals surface area contributed by atoms with Gasteiger partial charge in [0.15, 0.2) is 0 Å². The molecule has 4 heteroatoms. The van der Waals surface area contributed by atoms with Gasteiger partial charge in [0, 0.05) is 37.9 Å². The van der Waals surface area contributed by atoms with E-state index < -0.39 is 0 Å². The number of anilines is 1. The first-order chi connectivity index (χ1) is 12.3. The Bertz CT molecular complexity index is 570. The maximum absolute atomic E-state index is 12.7. The quantitative estimate of drug-likeness (QED) is 0.902. The third-order valence-corrected chi connectivity index (χ3v) is 6.45. The molecule has 136 valence electrons. The Kier molecular flexibility index (Phi) is 5.14. The molecule has 2 atom stereocenters. The molecule has 1 saturated carbocycles. The summed E-state index contributed by atoms with van der Waals surface area (Å²) < 4.78 is 0. The van der Waals surface area contributed by atoms with E-state index in [2.05, 4.69) is 45.4 Å². The number of hydrogen-bond acceptors (Lipinski definition) is 2. The molecule has 2 heterocycles. The van der Waals surface area contributed by atoms with E-state index in [9.17, 15) is 4.79 Å². The predicted molar refractivity (Wildman–Crippen MR) is 102 cm³/mol. The summed E-state index contributed by atoms with van der Waals surface area (Å²) in [6.45, 7) is 3.92. The minimum absolute atomic E-state index is 0.188. The summed E-state index contributed by atoms with van der Waals surface area (Å²) in [4.78, 5) is 17.3. The number of hydrogen-bond donors (Lipinski definition) is 1. The van der Waals surface area contributed by atoms with Gasteiger partial charge in [-0.25, -0.2) is 4.79 Å². The third kappa shape index (κ3) is 3.78. The molecule has 1 aliphatic carbocycles. The fraction of sp³-hybridized carbons (Fsp3) is 0.667. The van der Waals surface area contributed by atoms with Crippen LogP contribution in [-0.4, -0.2) is 43.2 Å². The first kappa shape index (κ1) is 16.7. The fourth-order valence-electron chi connectivity index (χ4n) is 5.08. The standard InChI is InChI=1S/C21H31N3O/c25-21(24-13-6-11-20(24)18-7-4-5-8-18)22-15-17-12-14-23(16-17)19-9-2-1-3-10-19/h1-3,9-10,17-18,20H,4-8,11-16H2,(H,22,25)/t17-,20-/m1/s1. The Balaban J connectivity index is 1.26. The van der Waals surface area contributed by atoms with Gasteiger partial charge < -0.3 is 15.1 Å².